The molecule has 0 aliphatic heterocycles. The fourth-order valence-electron chi connectivity index (χ4n) is 3.42. The molecule has 1 aliphatic rings. The minimum Gasteiger partial charge on any atom is -0.469 e. The van der Waals surface area contributed by atoms with Crippen molar-refractivity contribution < 1.29 is 9.53 Å². The van der Waals surface area contributed by atoms with Gasteiger partial charge in [0.15, 0.2) is 0 Å². The van der Waals surface area contributed by atoms with Gasteiger partial charge in [0, 0.05) is 30.2 Å². The third kappa shape index (κ3) is 3.77. The highest BCUT2D eigenvalue weighted by atomic mass is 32.1. The molecule has 4 aromatic rings. The maximum absolute atomic E-state index is 12.5. The summed E-state index contributed by atoms with van der Waals surface area (Å²) in [6, 6.07) is 15.4. The first kappa shape index (κ1) is 18.4. The average molecular weight is 415 g/mol. The van der Waals surface area contributed by atoms with E-state index in [0.717, 1.165) is 18.4 Å². The third-order valence-electron chi connectivity index (χ3n) is 4.91. The Kier molecular flexibility index (Phi) is 4.90. The number of pyridine rings is 2. The van der Waals surface area contributed by atoms with Crippen LogP contribution in [0.15, 0.2) is 67.1 Å². The van der Waals surface area contributed by atoms with Crippen LogP contribution in [0.25, 0.3) is 10.6 Å². The summed E-state index contributed by atoms with van der Waals surface area (Å²) in [6.45, 7) is 0. The molecule has 0 saturated carbocycles. The molecule has 1 amide bonds. The number of anilines is 1. The lowest BCUT2D eigenvalue weighted by molar-refractivity contribution is 0.102. The molecule has 30 heavy (non-hydrogen) atoms. The number of fused-ring (bicyclic) bond motifs is 1. The van der Waals surface area contributed by atoms with E-state index in [4.69, 9.17) is 4.74 Å². The molecule has 7 nitrogen and oxygen atoms in total. The third-order valence-corrected chi connectivity index (χ3v) is 5.80. The molecule has 1 unspecified atom stereocenters. The van der Waals surface area contributed by atoms with Crippen LogP contribution in [0.5, 0.6) is 5.88 Å². The zero-order chi connectivity index (χ0) is 20.3. The predicted molar refractivity (Wildman–Crippen MR) is 113 cm³/mol. The van der Waals surface area contributed by atoms with Crippen molar-refractivity contribution in [3.63, 3.8) is 0 Å². The van der Waals surface area contributed by atoms with Gasteiger partial charge in [-0.05, 0) is 42.2 Å². The van der Waals surface area contributed by atoms with Gasteiger partial charge in [-0.2, -0.15) is 0 Å². The molecule has 0 fully saturated rings. The number of nitrogens with zero attached hydrogens (tertiary/aromatic N) is 4. The number of ether oxygens (including phenoxy) is 1. The van der Waals surface area contributed by atoms with Crippen molar-refractivity contribution in [2.45, 2.75) is 18.9 Å². The molecule has 3 aromatic heterocycles. The fraction of sp³-hybridized carbons (Fsp3) is 0.136. The number of amides is 1. The maximum atomic E-state index is 12.5. The quantitative estimate of drug-likeness (QED) is 0.522. The summed E-state index contributed by atoms with van der Waals surface area (Å²) in [5, 5.41) is 12.1. The first-order valence-electron chi connectivity index (χ1n) is 9.52. The van der Waals surface area contributed by atoms with Crippen molar-refractivity contribution in [3.8, 4) is 16.5 Å². The van der Waals surface area contributed by atoms with Crippen molar-refractivity contribution in [3.05, 3.63) is 83.8 Å². The van der Waals surface area contributed by atoms with Crippen LogP contribution in [0.3, 0.4) is 0 Å². The molecule has 1 aliphatic carbocycles. The van der Waals surface area contributed by atoms with E-state index >= 15 is 0 Å². The SMILES string of the molecule is O=C(Nc1nnc(-c2ccncc2)s1)c1ccc(OC2CCc3ccccc32)nc1. The van der Waals surface area contributed by atoms with E-state index in [1.165, 1.54) is 28.7 Å². The summed E-state index contributed by atoms with van der Waals surface area (Å²) >= 11 is 1.30. The smallest absolute Gasteiger partial charge is 0.259 e. The maximum Gasteiger partial charge on any atom is 0.259 e. The number of hydrogen-bond acceptors (Lipinski definition) is 7. The van der Waals surface area contributed by atoms with Gasteiger partial charge in [-0.3, -0.25) is 15.1 Å². The molecule has 1 aromatic carbocycles. The van der Waals surface area contributed by atoms with Crippen LogP contribution in [0.2, 0.25) is 0 Å². The highest BCUT2D eigenvalue weighted by Crippen LogP contribution is 2.34. The lowest BCUT2D eigenvalue weighted by Gasteiger charge is -2.14. The van der Waals surface area contributed by atoms with Gasteiger partial charge in [0.25, 0.3) is 5.91 Å². The predicted octanol–water partition coefficient (Wildman–Crippen LogP) is 4.31. The minimum atomic E-state index is -0.294. The van der Waals surface area contributed by atoms with E-state index in [9.17, 15) is 4.79 Å². The molecular weight excluding hydrogens is 398 g/mol. The molecule has 3 heterocycles. The van der Waals surface area contributed by atoms with Crippen molar-refractivity contribution in [1.29, 1.82) is 0 Å². The topological polar surface area (TPSA) is 89.9 Å². The molecule has 8 heteroatoms. The molecule has 1 atom stereocenters. The van der Waals surface area contributed by atoms with Crippen molar-refractivity contribution >= 4 is 22.4 Å². The van der Waals surface area contributed by atoms with Gasteiger partial charge in [0.1, 0.15) is 11.1 Å². The summed E-state index contributed by atoms with van der Waals surface area (Å²) in [5.41, 5.74) is 3.86. The fourth-order valence-corrected chi connectivity index (χ4v) is 4.17. The second-order valence-electron chi connectivity index (χ2n) is 6.83. The molecule has 0 radical (unpaired) electrons. The lowest BCUT2D eigenvalue weighted by atomic mass is 10.1. The highest BCUT2D eigenvalue weighted by Gasteiger charge is 2.24. The van der Waals surface area contributed by atoms with Crippen LogP contribution in [0, 0.1) is 0 Å². The first-order chi connectivity index (χ1) is 14.8. The number of aryl methyl sites for hydroxylation is 1. The van der Waals surface area contributed by atoms with E-state index in [2.05, 4.69) is 37.6 Å². The highest BCUT2D eigenvalue weighted by molar-refractivity contribution is 7.18. The second kappa shape index (κ2) is 8.00. The minimum absolute atomic E-state index is 0.00128. The number of carbonyl (C=O) groups is 1. The monoisotopic (exact) mass is 415 g/mol. The number of aromatic nitrogens is 4. The summed E-state index contributed by atoms with van der Waals surface area (Å²) in [4.78, 5) is 20.8. The Labute approximate surface area is 176 Å². The van der Waals surface area contributed by atoms with Crippen LogP contribution in [0.1, 0.15) is 34.0 Å². The number of rotatable bonds is 5. The lowest BCUT2D eigenvalue weighted by Crippen LogP contribution is -2.12. The number of nitrogens with one attached hydrogen (secondary N) is 1. The van der Waals surface area contributed by atoms with Gasteiger partial charge in [0.2, 0.25) is 11.0 Å². The number of carbonyl (C=O) groups excluding carboxylic acids is 1. The Balaban J connectivity index is 1.24. The summed E-state index contributed by atoms with van der Waals surface area (Å²) < 4.78 is 6.04. The van der Waals surface area contributed by atoms with E-state index in [0.29, 0.717) is 21.6 Å². The zero-order valence-electron chi connectivity index (χ0n) is 15.9. The Hall–Kier alpha value is -3.65. The zero-order valence-corrected chi connectivity index (χ0v) is 16.7. The molecule has 5 rings (SSSR count). The largest absolute Gasteiger partial charge is 0.469 e. The summed E-state index contributed by atoms with van der Waals surface area (Å²) in [6.07, 6.45) is 6.82. The van der Waals surface area contributed by atoms with Crippen LogP contribution in [-0.4, -0.2) is 26.1 Å². The van der Waals surface area contributed by atoms with Gasteiger partial charge < -0.3 is 4.74 Å². The van der Waals surface area contributed by atoms with Gasteiger partial charge >= 0.3 is 0 Å². The van der Waals surface area contributed by atoms with Gasteiger partial charge in [0.05, 0.1) is 5.56 Å². The van der Waals surface area contributed by atoms with Crippen molar-refractivity contribution in [2.24, 2.45) is 0 Å². The normalized spacial score (nSPS) is 14.9. The molecule has 0 saturated heterocycles. The van der Waals surface area contributed by atoms with E-state index in [-0.39, 0.29) is 12.0 Å². The Bertz CT molecular complexity index is 1180. The van der Waals surface area contributed by atoms with E-state index in [1.807, 2.05) is 24.3 Å². The Morgan fingerprint density at radius 1 is 1.07 bits per heavy atom. The summed E-state index contributed by atoms with van der Waals surface area (Å²) in [7, 11) is 0. The molecule has 148 valence electrons. The van der Waals surface area contributed by atoms with Crippen molar-refractivity contribution in [1.82, 2.24) is 20.2 Å². The number of benzene rings is 1. The Morgan fingerprint density at radius 2 is 1.93 bits per heavy atom. The van der Waals surface area contributed by atoms with E-state index < -0.39 is 0 Å². The van der Waals surface area contributed by atoms with Crippen LogP contribution in [0.4, 0.5) is 5.13 Å². The van der Waals surface area contributed by atoms with Crippen LogP contribution >= 0.6 is 11.3 Å². The second-order valence-corrected chi connectivity index (χ2v) is 7.81. The standard InChI is InChI=1S/C22H17N5O2S/c28-20(25-22-27-26-21(30-22)15-9-11-23-12-10-15)16-6-8-19(24-13-16)29-18-7-5-14-3-1-2-4-17(14)18/h1-4,6,8-13,18H,5,7H2,(H,25,27,28). The van der Waals surface area contributed by atoms with E-state index in [1.54, 1.807) is 24.5 Å². The van der Waals surface area contributed by atoms with Crippen molar-refractivity contribution in [2.75, 3.05) is 5.32 Å². The molecule has 1 N–H and O–H groups in total. The van der Waals surface area contributed by atoms with Gasteiger partial charge in [-0.1, -0.05) is 35.6 Å². The van der Waals surface area contributed by atoms with Gasteiger partial charge in [-0.15, -0.1) is 10.2 Å². The van der Waals surface area contributed by atoms with Crippen LogP contribution in [-0.2, 0) is 6.42 Å². The van der Waals surface area contributed by atoms with Crippen LogP contribution < -0.4 is 10.1 Å². The number of hydrogen-bond donors (Lipinski definition) is 1. The van der Waals surface area contributed by atoms with Gasteiger partial charge in [-0.25, -0.2) is 4.98 Å². The molecule has 0 spiro atoms. The Morgan fingerprint density at radius 3 is 2.77 bits per heavy atom. The molecule has 0 bridgehead atoms. The average Bonchev–Trinajstić information content (AvgIpc) is 3.42. The molecular formula is C22H17N5O2S. The first-order valence-corrected chi connectivity index (χ1v) is 10.3. The summed E-state index contributed by atoms with van der Waals surface area (Å²) in [5.74, 6) is 0.210.